The number of nitrogens with one attached hydrogen (secondary N) is 1. The molecular formula is C14H22FNO. The minimum absolute atomic E-state index is 0.145. The molecule has 1 rings (SSSR count). The Hall–Kier alpha value is -0.930. The highest BCUT2D eigenvalue weighted by molar-refractivity contribution is 5.24. The van der Waals surface area contributed by atoms with E-state index in [-0.39, 0.29) is 12.4 Å². The van der Waals surface area contributed by atoms with Gasteiger partial charge in [-0.05, 0) is 49.4 Å². The Morgan fingerprint density at radius 2 is 2.18 bits per heavy atom. The molecular weight excluding hydrogens is 217 g/mol. The Balaban J connectivity index is 2.28. The molecule has 2 N–H and O–H groups in total. The standard InChI is InChI=1S/C14H22FNO/c1-3-12(10-17)9-16-7-6-13-4-5-14(15)11(2)8-13/h4-5,8,12,16-17H,3,6-7,9-10H2,1-2H3. The molecule has 0 spiro atoms. The summed E-state index contributed by atoms with van der Waals surface area (Å²) in [4.78, 5) is 0. The van der Waals surface area contributed by atoms with Crippen LogP contribution in [0.25, 0.3) is 0 Å². The van der Waals surface area contributed by atoms with Crippen molar-refractivity contribution >= 4 is 0 Å². The maximum Gasteiger partial charge on any atom is 0.126 e. The molecule has 1 unspecified atom stereocenters. The summed E-state index contributed by atoms with van der Waals surface area (Å²) in [6.07, 6.45) is 1.88. The molecule has 0 amide bonds. The van der Waals surface area contributed by atoms with Gasteiger partial charge in [0.25, 0.3) is 0 Å². The fourth-order valence-corrected chi connectivity index (χ4v) is 1.74. The molecule has 0 radical (unpaired) electrons. The third-order valence-electron chi connectivity index (χ3n) is 3.08. The van der Waals surface area contributed by atoms with Crippen molar-refractivity contribution in [2.75, 3.05) is 19.7 Å². The van der Waals surface area contributed by atoms with Crippen LogP contribution < -0.4 is 5.32 Å². The molecule has 0 aliphatic heterocycles. The molecule has 0 aliphatic carbocycles. The monoisotopic (exact) mass is 239 g/mol. The smallest absolute Gasteiger partial charge is 0.126 e. The summed E-state index contributed by atoms with van der Waals surface area (Å²) in [6.45, 7) is 5.80. The van der Waals surface area contributed by atoms with Crippen LogP contribution in [-0.4, -0.2) is 24.8 Å². The van der Waals surface area contributed by atoms with Crippen LogP contribution in [0, 0.1) is 18.7 Å². The molecule has 96 valence electrons. The zero-order valence-electron chi connectivity index (χ0n) is 10.7. The summed E-state index contributed by atoms with van der Waals surface area (Å²) >= 11 is 0. The van der Waals surface area contributed by atoms with Gasteiger partial charge in [-0.15, -0.1) is 0 Å². The van der Waals surface area contributed by atoms with Gasteiger partial charge in [-0.3, -0.25) is 0 Å². The topological polar surface area (TPSA) is 32.3 Å². The van der Waals surface area contributed by atoms with E-state index in [0.29, 0.717) is 11.5 Å². The molecule has 3 heteroatoms. The molecule has 0 saturated heterocycles. The van der Waals surface area contributed by atoms with Crippen LogP contribution in [0.2, 0.25) is 0 Å². The minimum Gasteiger partial charge on any atom is -0.396 e. The third-order valence-corrected chi connectivity index (χ3v) is 3.08. The summed E-state index contributed by atoms with van der Waals surface area (Å²) in [6, 6.07) is 5.24. The van der Waals surface area contributed by atoms with Crippen molar-refractivity contribution in [1.29, 1.82) is 0 Å². The number of benzene rings is 1. The van der Waals surface area contributed by atoms with Gasteiger partial charge < -0.3 is 10.4 Å². The van der Waals surface area contributed by atoms with E-state index in [0.717, 1.165) is 31.5 Å². The van der Waals surface area contributed by atoms with Gasteiger partial charge in [0.15, 0.2) is 0 Å². The molecule has 0 fully saturated rings. The van der Waals surface area contributed by atoms with Crippen LogP contribution in [-0.2, 0) is 6.42 Å². The molecule has 0 heterocycles. The van der Waals surface area contributed by atoms with Crippen LogP contribution in [0.5, 0.6) is 0 Å². The number of hydrogen-bond acceptors (Lipinski definition) is 2. The van der Waals surface area contributed by atoms with Crippen LogP contribution in [0.3, 0.4) is 0 Å². The van der Waals surface area contributed by atoms with Crippen LogP contribution in [0.1, 0.15) is 24.5 Å². The number of aliphatic hydroxyl groups excluding tert-OH is 1. The zero-order chi connectivity index (χ0) is 12.7. The molecule has 2 nitrogen and oxygen atoms in total. The highest BCUT2D eigenvalue weighted by atomic mass is 19.1. The van der Waals surface area contributed by atoms with Gasteiger partial charge in [0.2, 0.25) is 0 Å². The summed E-state index contributed by atoms with van der Waals surface area (Å²) in [5.41, 5.74) is 1.85. The van der Waals surface area contributed by atoms with Gasteiger partial charge >= 0.3 is 0 Å². The lowest BCUT2D eigenvalue weighted by molar-refractivity contribution is 0.219. The molecule has 0 saturated carbocycles. The largest absolute Gasteiger partial charge is 0.396 e. The predicted molar refractivity (Wildman–Crippen MR) is 68.6 cm³/mol. The van der Waals surface area contributed by atoms with Crippen LogP contribution in [0.15, 0.2) is 18.2 Å². The van der Waals surface area contributed by atoms with Crippen molar-refractivity contribution in [1.82, 2.24) is 5.32 Å². The summed E-state index contributed by atoms with van der Waals surface area (Å²) in [5.74, 6) is 0.193. The first kappa shape index (κ1) is 14.1. The third kappa shape index (κ3) is 4.84. The molecule has 17 heavy (non-hydrogen) atoms. The Labute approximate surface area is 103 Å². The van der Waals surface area contributed by atoms with Crippen molar-refractivity contribution in [2.24, 2.45) is 5.92 Å². The van der Waals surface area contributed by atoms with Gasteiger partial charge in [0.05, 0.1) is 0 Å². The highest BCUT2D eigenvalue weighted by Gasteiger charge is 2.03. The van der Waals surface area contributed by atoms with Crippen molar-refractivity contribution in [3.63, 3.8) is 0 Å². The SMILES string of the molecule is CCC(CO)CNCCc1ccc(F)c(C)c1. The predicted octanol–water partition coefficient (Wildman–Crippen LogP) is 2.28. The maximum atomic E-state index is 13.0. The summed E-state index contributed by atoms with van der Waals surface area (Å²) in [5, 5.41) is 12.3. The Morgan fingerprint density at radius 1 is 1.41 bits per heavy atom. The van der Waals surface area contributed by atoms with E-state index >= 15 is 0 Å². The Bertz CT molecular complexity index is 337. The van der Waals surface area contributed by atoms with E-state index in [1.54, 1.807) is 6.92 Å². The van der Waals surface area contributed by atoms with Crippen molar-refractivity contribution in [3.8, 4) is 0 Å². The number of halogens is 1. The van der Waals surface area contributed by atoms with E-state index in [4.69, 9.17) is 5.11 Å². The normalized spacial score (nSPS) is 12.7. The lowest BCUT2D eigenvalue weighted by Crippen LogP contribution is -2.26. The Kier molecular flexibility index (Phi) is 6.16. The first-order valence-corrected chi connectivity index (χ1v) is 6.24. The average Bonchev–Trinajstić information content (AvgIpc) is 2.34. The second-order valence-electron chi connectivity index (χ2n) is 4.49. The van der Waals surface area contributed by atoms with E-state index in [1.807, 2.05) is 12.1 Å². The van der Waals surface area contributed by atoms with E-state index in [9.17, 15) is 4.39 Å². The van der Waals surface area contributed by atoms with Crippen molar-refractivity contribution in [3.05, 3.63) is 35.1 Å². The molecule has 1 aromatic rings. The zero-order valence-corrected chi connectivity index (χ0v) is 10.7. The van der Waals surface area contributed by atoms with Crippen molar-refractivity contribution < 1.29 is 9.50 Å². The molecule has 0 aliphatic rings. The first-order chi connectivity index (χ1) is 8.17. The van der Waals surface area contributed by atoms with E-state index in [2.05, 4.69) is 12.2 Å². The van der Waals surface area contributed by atoms with Crippen LogP contribution in [0.4, 0.5) is 4.39 Å². The van der Waals surface area contributed by atoms with E-state index in [1.165, 1.54) is 6.07 Å². The minimum atomic E-state index is -0.145. The van der Waals surface area contributed by atoms with Gasteiger partial charge in [0, 0.05) is 13.2 Å². The quantitative estimate of drug-likeness (QED) is 0.715. The highest BCUT2D eigenvalue weighted by Crippen LogP contribution is 2.09. The average molecular weight is 239 g/mol. The van der Waals surface area contributed by atoms with Gasteiger partial charge in [-0.25, -0.2) is 4.39 Å². The fraction of sp³-hybridized carbons (Fsp3) is 0.571. The van der Waals surface area contributed by atoms with Gasteiger partial charge in [-0.2, -0.15) is 0 Å². The summed E-state index contributed by atoms with van der Waals surface area (Å²) in [7, 11) is 0. The lowest BCUT2D eigenvalue weighted by atomic mass is 10.1. The molecule has 1 aromatic carbocycles. The second kappa shape index (κ2) is 7.41. The number of rotatable bonds is 7. The first-order valence-electron chi connectivity index (χ1n) is 6.24. The Morgan fingerprint density at radius 3 is 2.76 bits per heavy atom. The summed E-state index contributed by atoms with van der Waals surface area (Å²) < 4.78 is 13.0. The second-order valence-corrected chi connectivity index (χ2v) is 4.49. The van der Waals surface area contributed by atoms with E-state index < -0.39 is 0 Å². The molecule has 0 bridgehead atoms. The number of aryl methyl sites for hydroxylation is 1. The van der Waals surface area contributed by atoms with Gasteiger partial charge in [-0.1, -0.05) is 19.1 Å². The fourth-order valence-electron chi connectivity index (χ4n) is 1.74. The molecule has 1 atom stereocenters. The van der Waals surface area contributed by atoms with Gasteiger partial charge in [0.1, 0.15) is 5.82 Å². The van der Waals surface area contributed by atoms with Crippen molar-refractivity contribution in [2.45, 2.75) is 26.7 Å². The van der Waals surface area contributed by atoms with Crippen LogP contribution >= 0.6 is 0 Å². The molecule has 0 aromatic heterocycles. The number of aliphatic hydroxyl groups is 1. The lowest BCUT2D eigenvalue weighted by Gasteiger charge is -2.12. The maximum absolute atomic E-state index is 13.0. The number of hydrogen-bond donors (Lipinski definition) is 2.